The van der Waals surface area contributed by atoms with E-state index in [1.165, 1.54) is 38.9 Å². The highest BCUT2D eigenvalue weighted by molar-refractivity contribution is 14.0. The summed E-state index contributed by atoms with van der Waals surface area (Å²) in [4.78, 5) is 7.28. The molecule has 160 valence electrons. The summed E-state index contributed by atoms with van der Waals surface area (Å²) >= 11 is 0. The highest BCUT2D eigenvalue weighted by atomic mass is 127. The van der Waals surface area contributed by atoms with Crippen molar-refractivity contribution in [2.45, 2.75) is 45.4 Å². The van der Waals surface area contributed by atoms with Crippen LogP contribution in [0.2, 0.25) is 0 Å². The molecule has 3 N–H and O–H groups in total. The highest BCUT2D eigenvalue weighted by Gasteiger charge is 2.14. The second-order valence-electron chi connectivity index (χ2n) is 7.67. The van der Waals surface area contributed by atoms with Crippen LogP contribution in [0.15, 0.2) is 35.3 Å². The number of likely N-dealkylation sites (tertiary alicyclic amines) is 1. The molecule has 6 heteroatoms. The number of halogens is 1. The van der Waals surface area contributed by atoms with Crippen molar-refractivity contribution < 1.29 is 5.11 Å². The van der Waals surface area contributed by atoms with E-state index in [2.05, 4.69) is 46.5 Å². The maximum absolute atomic E-state index is 9.69. The molecule has 0 bridgehead atoms. The lowest BCUT2D eigenvalue weighted by molar-refractivity contribution is 0.189. The fraction of sp³-hybridized carbons (Fsp3) is 0.682. The van der Waals surface area contributed by atoms with Crippen LogP contribution >= 0.6 is 24.0 Å². The Balaban J connectivity index is 0.00000392. The molecule has 1 heterocycles. The molecule has 1 saturated heterocycles. The average molecular weight is 502 g/mol. The van der Waals surface area contributed by atoms with Gasteiger partial charge in [0.1, 0.15) is 0 Å². The normalized spacial score (nSPS) is 17.0. The minimum absolute atomic E-state index is 0. The Bertz CT molecular complexity index is 533. The van der Waals surface area contributed by atoms with Gasteiger partial charge >= 0.3 is 0 Å². The monoisotopic (exact) mass is 502 g/mol. The smallest absolute Gasteiger partial charge is 0.191 e. The standard InChI is InChI=1S/C22H38N4O.HI/c1-3-23-22(25-17-21(18-27)20-9-5-4-6-10-20)24-13-7-8-14-26-15-11-19(2)12-16-26;/h4-6,9-10,19,21,27H,3,7-8,11-18H2,1-2H3,(H2,23,24,25);1H. The number of piperidine rings is 1. The quantitative estimate of drug-likeness (QED) is 0.199. The molecule has 0 aromatic heterocycles. The Morgan fingerprint density at radius 1 is 1.18 bits per heavy atom. The third-order valence-electron chi connectivity index (χ3n) is 5.38. The number of guanidine groups is 1. The minimum Gasteiger partial charge on any atom is -0.396 e. The maximum atomic E-state index is 9.69. The second-order valence-corrected chi connectivity index (χ2v) is 7.67. The van der Waals surface area contributed by atoms with Gasteiger partial charge in [0.05, 0.1) is 13.2 Å². The van der Waals surface area contributed by atoms with Gasteiger partial charge in [0, 0.05) is 19.0 Å². The van der Waals surface area contributed by atoms with Gasteiger partial charge in [-0.15, -0.1) is 24.0 Å². The molecule has 5 nitrogen and oxygen atoms in total. The van der Waals surface area contributed by atoms with E-state index in [0.717, 1.165) is 37.0 Å². The number of unbranched alkanes of at least 4 members (excludes halogenated alkanes) is 1. The van der Waals surface area contributed by atoms with Crippen molar-refractivity contribution in [3.8, 4) is 0 Å². The van der Waals surface area contributed by atoms with Gasteiger partial charge < -0.3 is 20.6 Å². The zero-order chi connectivity index (χ0) is 19.3. The number of hydrogen-bond acceptors (Lipinski definition) is 3. The first-order valence-corrected chi connectivity index (χ1v) is 10.6. The number of rotatable bonds is 10. The first kappa shape index (κ1) is 25.2. The number of aliphatic imine (C=N–C) groups is 1. The average Bonchev–Trinajstić information content (AvgIpc) is 2.70. The Labute approximate surface area is 188 Å². The van der Waals surface area contributed by atoms with E-state index >= 15 is 0 Å². The second kappa shape index (κ2) is 15.0. The molecule has 1 fully saturated rings. The van der Waals surface area contributed by atoms with Crippen molar-refractivity contribution in [1.29, 1.82) is 0 Å². The Kier molecular flexibility index (Phi) is 13.5. The van der Waals surface area contributed by atoms with E-state index in [9.17, 15) is 5.11 Å². The van der Waals surface area contributed by atoms with Crippen molar-refractivity contribution in [3.05, 3.63) is 35.9 Å². The van der Waals surface area contributed by atoms with Gasteiger partial charge in [-0.05, 0) is 63.7 Å². The molecule has 1 aliphatic heterocycles. The van der Waals surface area contributed by atoms with E-state index in [4.69, 9.17) is 0 Å². The Morgan fingerprint density at radius 3 is 2.54 bits per heavy atom. The van der Waals surface area contributed by atoms with Gasteiger partial charge in [0.2, 0.25) is 0 Å². The van der Waals surface area contributed by atoms with Crippen molar-refractivity contribution in [1.82, 2.24) is 15.5 Å². The molecular weight excluding hydrogens is 463 g/mol. The molecule has 2 rings (SSSR count). The summed E-state index contributed by atoms with van der Waals surface area (Å²) in [5, 5.41) is 16.4. The van der Waals surface area contributed by atoms with Gasteiger partial charge in [0.25, 0.3) is 0 Å². The van der Waals surface area contributed by atoms with Crippen LogP contribution in [0.1, 0.15) is 51.0 Å². The van der Waals surface area contributed by atoms with Crippen LogP contribution in [-0.2, 0) is 0 Å². The summed E-state index contributed by atoms with van der Waals surface area (Å²) < 4.78 is 0. The van der Waals surface area contributed by atoms with Crippen LogP contribution in [0.3, 0.4) is 0 Å². The fourth-order valence-electron chi connectivity index (χ4n) is 3.49. The maximum Gasteiger partial charge on any atom is 0.191 e. The molecule has 0 radical (unpaired) electrons. The van der Waals surface area contributed by atoms with E-state index in [0.29, 0.717) is 6.54 Å². The van der Waals surface area contributed by atoms with Gasteiger partial charge in [-0.1, -0.05) is 37.3 Å². The number of benzene rings is 1. The van der Waals surface area contributed by atoms with Crippen molar-refractivity contribution >= 4 is 29.9 Å². The Hall–Kier alpha value is -0.860. The molecule has 0 spiro atoms. The number of nitrogens with one attached hydrogen (secondary N) is 2. The molecule has 0 aliphatic carbocycles. The predicted octanol–water partition coefficient (Wildman–Crippen LogP) is 3.45. The summed E-state index contributed by atoms with van der Waals surface area (Å²) in [6.45, 7) is 10.7. The lowest BCUT2D eigenvalue weighted by Crippen LogP contribution is -2.38. The lowest BCUT2D eigenvalue weighted by atomic mass is 9.99. The van der Waals surface area contributed by atoms with Crippen LogP contribution in [-0.4, -0.2) is 61.8 Å². The molecule has 1 aliphatic rings. The van der Waals surface area contributed by atoms with Gasteiger partial charge in [0.15, 0.2) is 5.96 Å². The molecule has 0 saturated carbocycles. The van der Waals surface area contributed by atoms with Gasteiger partial charge in [-0.3, -0.25) is 4.99 Å². The summed E-state index contributed by atoms with van der Waals surface area (Å²) in [7, 11) is 0. The summed E-state index contributed by atoms with van der Waals surface area (Å²) in [6.07, 6.45) is 5.08. The summed E-state index contributed by atoms with van der Waals surface area (Å²) in [5.74, 6) is 1.79. The van der Waals surface area contributed by atoms with Crippen molar-refractivity contribution in [3.63, 3.8) is 0 Å². The molecule has 1 atom stereocenters. The number of aliphatic hydroxyl groups is 1. The first-order chi connectivity index (χ1) is 13.2. The first-order valence-electron chi connectivity index (χ1n) is 10.6. The van der Waals surface area contributed by atoms with E-state index in [1.807, 2.05) is 18.2 Å². The van der Waals surface area contributed by atoms with Crippen LogP contribution in [0.4, 0.5) is 0 Å². The van der Waals surface area contributed by atoms with Crippen LogP contribution < -0.4 is 10.6 Å². The zero-order valence-electron chi connectivity index (χ0n) is 17.6. The molecule has 1 unspecified atom stereocenters. The third kappa shape index (κ3) is 9.56. The number of aliphatic hydroxyl groups excluding tert-OH is 1. The lowest BCUT2D eigenvalue weighted by Gasteiger charge is -2.30. The molecule has 1 aromatic rings. The largest absolute Gasteiger partial charge is 0.396 e. The summed E-state index contributed by atoms with van der Waals surface area (Å²) in [6, 6.07) is 10.1. The van der Waals surface area contributed by atoms with Crippen LogP contribution in [0.5, 0.6) is 0 Å². The highest BCUT2D eigenvalue weighted by Crippen LogP contribution is 2.16. The number of nitrogens with zero attached hydrogens (tertiary/aromatic N) is 2. The van der Waals surface area contributed by atoms with E-state index in [1.54, 1.807) is 0 Å². The van der Waals surface area contributed by atoms with Gasteiger partial charge in [-0.2, -0.15) is 0 Å². The summed E-state index contributed by atoms with van der Waals surface area (Å²) in [5.41, 5.74) is 1.13. The predicted molar refractivity (Wildman–Crippen MR) is 130 cm³/mol. The van der Waals surface area contributed by atoms with Crippen molar-refractivity contribution in [2.24, 2.45) is 10.9 Å². The van der Waals surface area contributed by atoms with Crippen LogP contribution in [0.25, 0.3) is 0 Å². The van der Waals surface area contributed by atoms with Crippen molar-refractivity contribution in [2.75, 3.05) is 45.9 Å². The van der Waals surface area contributed by atoms with E-state index < -0.39 is 0 Å². The molecule has 1 aromatic carbocycles. The van der Waals surface area contributed by atoms with E-state index in [-0.39, 0.29) is 36.5 Å². The Morgan fingerprint density at radius 2 is 1.89 bits per heavy atom. The fourth-order valence-corrected chi connectivity index (χ4v) is 3.49. The zero-order valence-corrected chi connectivity index (χ0v) is 19.9. The minimum atomic E-state index is 0. The SMILES string of the molecule is CCNC(=NCC(CO)c1ccccc1)NCCCCN1CCC(C)CC1.I. The van der Waals surface area contributed by atoms with Crippen LogP contribution in [0, 0.1) is 5.92 Å². The topological polar surface area (TPSA) is 59.9 Å². The molecule has 28 heavy (non-hydrogen) atoms. The van der Waals surface area contributed by atoms with Gasteiger partial charge in [-0.25, -0.2) is 0 Å². The number of hydrogen-bond donors (Lipinski definition) is 3. The molecule has 0 amide bonds. The molecular formula is C22H39IN4O. The third-order valence-corrected chi connectivity index (χ3v) is 5.38.